The van der Waals surface area contributed by atoms with E-state index in [4.69, 9.17) is 4.98 Å². The van der Waals surface area contributed by atoms with Crippen LogP contribution in [0.2, 0.25) is 0 Å². The number of rotatable bonds is 1. The molecule has 5 rings (SSSR count). The van der Waals surface area contributed by atoms with Gasteiger partial charge in [0, 0.05) is 11.6 Å². The summed E-state index contributed by atoms with van der Waals surface area (Å²) in [7, 11) is 0. The quantitative estimate of drug-likeness (QED) is 0.407. The largest absolute Gasteiger partial charge is 0.314 e. The third kappa shape index (κ3) is 1.89. The van der Waals surface area contributed by atoms with Crippen molar-refractivity contribution in [2.24, 2.45) is 0 Å². The van der Waals surface area contributed by atoms with Gasteiger partial charge in [0.25, 0.3) is 0 Å². The van der Waals surface area contributed by atoms with Gasteiger partial charge in [0.1, 0.15) is 11.8 Å². The molecule has 0 radical (unpaired) electrons. The zero-order valence-corrected chi connectivity index (χ0v) is 14.6. The summed E-state index contributed by atoms with van der Waals surface area (Å²) < 4.78 is 4.51. The molecule has 3 aromatic heterocycles. The van der Waals surface area contributed by atoms with Gasteiger partial charge in [-0.2, -0.15) is 0 Å². The van der Waals surface area contributed by atoms with Crippen LogP contribution >= 0.6 is 0 Å². The van der Waals surface area contributed by atoms with Gasteiger partial charge in [-0.25, -0.2) is 4.98 Å². The van der Waals surface area contributed by atoms with Crippen molar-refractivity contribution in [3.63, 3.8) is 0 Å². The normalized spacial score (nSPS) is 11.8. The van der Waals surface area contributed by atoms with Crippen LogP contribution in [-0.2, 0) is 0 Å². The fourth-order valence-electron chi connectivity index (χ4n) is 4.18. The lowest BCUT2D eigenvalue weighted by Gasteiger charge is -2.14. The van der Waals surface area contributed by atoms with Crippen molar-refractivity contribution in [2.75, 3.05) is 0 Å². The second-order valence-electron chi connectivity index (χ2n) is 6.84. The molecule has 0 N–H and O–H groups in total. The topological polar surface area (TPSA) is 22.2 Å². The summed E-state index contributed by atoms with van der Waals surface area (Å²) in [6, 6.07) is 17.2. The van der Waals surface area contributed by atoms with E-state index in [1.165, 1.54) is 44.3 Å². The third-order valence-corrected chi connectivity index (χ3v) is 5.05. The van der Waals surface area contributed by atoms with Gasteiger partial charge in [0.2, 0.25) is 0 Å². The number of fused-ring (bicyclic) bond motifs is 6. The Hall–Kier alpha value is -3.07. The van der Waals surface area contributed by atoms with Crippen molar-refractivity contribution >= 4 is 27.5 Å². The summed E-state index contributed by atoms with van der Waals surface area (Å²) in [6.45, 7) is 6.50. The van der Waals surface area contributed by atoms with Crippen molar-refractivity contribution in [1.82, 2.24) is 14.0 Å². The molecule has 0 aliphatic rings. The van der Waals surface area contributed by atoms with E-state index in [1.54, 1.807) is 0 Å². The minimum atomic E-state index is 1.06. The van der Waals surface area contributed by atoms with E-state index >= 15 is 0 Å². The van der Waals surface area contributed by atoms with Gasteiger partial charge < -0.3 is 4.40 Å². The van der Waals surface area contributed by atoms with Crippen LogP contribution in [0.1, 0.15) is 16.7 Å². The lowest BCUT2D eigenvalue weighted by atomic mass is 10.0. The summed E-state index contributed by atoms with van der Waals surface area (Å²) in [4.78, 5) is 4.81. The van der Waals surface area contributed by atoms with Crippen LogP contribution in [0.5, 0.6) is 0 Å². The van der Waals surface area contributed by atoms with Gasteiger partial charge in [0.15, 0.2) is 0 Å². The van der Waals surface area contributed by atoms with Crippen LogP contribution in [0.15, 0.2) is 61.1 Å². The molecular formula is C22H19N3. The Morgan fingerprint density at radius 1 is 0.840 bits per heavy atom. The Morgan fingerprint density at radius 3 is 2.36 bits per heavy atom. The first-order valence-corrected chi connectivity index (χ1v) is 8.58. The molecule has 0 spiro atoms. The van der Waals surface area contributed by atoms with Gasteiger partial charge in [0.05, 0.1) is 22.2 Å². The Kier molecular flexibility index (Phi) is 2.84. The van der Waals surface area contributed by atoms with Crippen molar-refractivity contribution in [3.8, 4) is 5.69 Å². The summed E-state index contributed by atoms with van der Waals surface area (Å²) >= 11 is 0. The maximum atomic E-state index is 4.81. The highest BCUT2D eigenvalue weighted by Gasteiger charge is 2.16. The Bertz CT molecular complexity index is 1250. The lowest BCUT2D eigenvalue weighted by Crippen LogP contribution is -2.01. The molecule has 2 aromatic carbocycles. The maximum Gasteiger partial charge on any atom is 0.101 e. The fourth-order valence-corrected chi connectivity index (χ4v) is 4.18. The van der Waals surface area contributed by atoms with Gasteiger partial charge >= 0.3 is 0 Å². The molecule has 25 heavy (non-hydrogen) atoms. The smallest absolute Gasteiger partial charge is 0.101 e. The molecule has 0 aliphatic carbocycles. The predicted octanol–water partition coefficient (Wildman–Crippen LogP) is 5.36. The van der Waals surface area contributed by atoms with E-state index in [1.807, 2.05) is 6.33 Å². The number of aryl methyl sites for hydroxylation is 3. The number of hydrogen-bond donors (Lipinski definition) is 0. The molecule has 0 atom stereocenters. The number of nitrogens with zero attached hydrogens (tertiary/aromatic N) is 3. The van der Waals surface area contributed by atoms with Gasteiger partial charge in [-0.15, -0.1) is 0 Å². The first-order valence-electron chi connectivity index (χ1n) is 8.58. The molecule has 3 heterocycles. The summed E-state index contributed by atoms with van der Waals surface area (Å²) in [5, 5.41) is 1.18. The van der Waals surface area contributed by atoms with Crippen LogP contribution in [0.25, 0.3) is 33.1 Å². The number of hydrogen-bond acceptors (Lipinski definition) is 1. The van der Waals surface area contributed by atoms with Crippen LogP contribution < -0.4 is 0 Å². The minimum absolute atomic E-state index is 1.06. The summed E-state index contributed by atoms with van der Waals surface area (Å²) in [6.07, 6.45) is 4.10. The van der Waals surface area contributed by atoms with E-state index in [-0.39, 0.29) is 0 Å². The van der Waals surface area contributed by atoms with Gasteiger partial charge in [-0.3, -0.25) is 4.57 Å². The highest BCUT2D eigenvalue weighted by atomic mass is 15.1. The second kappa shape index (κ2) is 4.96. The molecule has 0 saturated heterocycles. The van der Waals surface area contributed by atoms with Crippen LogP contribution in [0, 0.1) is 20.8 Å². The molecule has 5 aromatic rings. The molecule has 0 saturated carbocycles. The van der Waals surface area contributed by atoms with Gasteiger partial charge in [-0.1, -0.05) is 35.9 Å². The number of para-hydroxylation sites is 1. The van der Waals surface area contributed by atoms with Crippen molar-refractivity contribution < 1.29 is 0 Å². The average Bonchev–Trinajstić information content (AvgIpc) is 3.21. The van der Waals surface area contributed by atoms with E-state index in [0.717, 1.165) is 5.52 Å². The zero-order valence-electron chi connectivity index (χ0n) is 14.6. The van der Waals surface area contributed by atoms with Crippen LogP contribution in [0.4, 0.5) is 0 Å². The van der Waals surface area contributed by atoms with E-state index < -0.39 is 0 Å². The number of aromatic nitrogens is 3. The molecule has 0 bridgehead atoms. The summed E-state index contributed by atoms with van der Waals surface area (Å²) in [5.74, 6) is 0. The first kappa shape index (κ1) is 14.3. The molecule has 0 amide bonds. The Morgan fingerprint density at radius 2 is 1.56 bits per heavy atom. The first-order chi connectivity index (χ1) is 12.1. The monoisotopic (exact) mass is 325 g/mol. The molecule has 3 heteroatoms. The zero-order chi connectivity index (χ0) is 17.1. The van der Waals surface area contributed by atoms with Crippen molar-refractivity contribution in [2.45, 2.75) is 20.8 Å². The highest BCUT2D eigenvalue weighted by Crippen LogP contribution is 2.32. The minimum Gasteiger partial charge on any atom is -0.314 e. The average molecular weight is 325 g/mol. The maximum absolute atomic E-state index is 4.81. The van der Waals surface area contributed by atoms with E-state index in [2.05, 4.69) is 84.5 Å². The lowest BCUT2D eigenvalue weighted by molar-refractivity contribution is 1.05. The van der Waals surface area contributed by atoms with E-state index in [0.29, 0.717) is 0 Å². The number of benzene rings is 2. The fraction of sp³-hybridized carbons (Fsp3) is 0.136. The predicted molar refractivity (Wildman–Crippen MR) is 104 cm³/mol. The van der Waals surface area contributed by atoms with Gasteiger partial charge in [-0.05, 0) is 50.1 Å². The summed E-state index contributed by atoms with van der Waals surface area (Å²) in [5.41, 5.74) is 9.67. The Balaban J connectivity index is 2.01. The van der Waals surface area contributed by atoms with Crippen LogP contribution in [0.3, 0.4) is 0 Å². The second-order valence-corrected chi connectivity index (χ2v) is 6.84. The molecule has 0 aliphatic heterocycles. The Labute approximate surface area is 146 Å². The van der Waals surface area contributed by atoms with Crippen molar-refractivity contribution in [1.29, 1.82) is 0 Å². The number of imidazole rings is 1. The van der Waals surface area contributed by atoms with Crippen LogP contribution in [-0.4, -0.2) is 14.0 Å². The number of pyridine rings is 1. The molecule has 122 valence electrons. The van der Waals surface area contributed by atoms with E-state index in [9.17, 15) is 0 Å². The molecule has 0 unspecified atom stereocenters. The standard InChI is InChI=1S/C22H19N3/c1-14-11-15(2)21(16(3)12-14)25-13-23-20-17-7-4-5-8-18(17)24-10-6-9-19(24)22(20)25/h4-13H,1-3H3. The molecular weight excluding hydrogens is 306 g/mol. The van der Waals surface area contributed by atoms with Crippen molar-refractivity contribution in [3.05, 3.63) is 77.7 Å². The third-order valence-electron chi connectivity index (χ3n) is 5.05. The highest BCUT2D eigenvalue weighted by molar-refractivity contribution is 6.09. The SMILES string of the molecule is Cc1cc(C)c(-n2cnc3c4ccccc4n4cccc4c32)c(C)c1. The molecule has 3 nitrogen and oxygen atoms in total. The molecule has 0 fully saturated rings.